The highest BCUT2D eigenvalue weighted by atomic mass is 32.1. The minimum atomic E-state index is -0.248. The van der Waals surface area contributed by atoms with Crippen molar-refractivity contribution >= 4 is 12.2 Å². The van der Waals surface area contributed by atoms with Gasteiger partial charge in [-0.3, -0.25) is 0 Å². The van der Waals surface area contributed by atoms with Crippen LogP contribution in [0.1, 0.15) is 18.1 Å². The van der Waals surface area contributed by atoms with Crippen LogP contribution in [0.15, 0.2) is 24.5 Å². The van der Waals surface area contributed by atoms with Crippen molar-refractivity contribution in [3.8, 4) is 11.3 Å². The highest BCUT2D eigenvalue weighted by Crippen LogP contribution is 2.25. The molecular formula is C13H13FN2S. The fourth-order valence-corrected chi connectivity index (χ4v) is 2.13. The molecule has 0 aliphatic heterocycles. The van der Waals surface area contributed by atoms with Gasteiger partial charge in [-0.1, -0.05) is 30.8 Å². The molecule has 0 aliphatic carbocycles. The van der Waals surface area contributed by atoms with Gasteiger partial charge in [-0.15, -0.1) is 0 Å². The quantitative estimate of drug-likeness (QED) is 0.818. The third-order valence-electron chi connectivity index (χ3n) is 2.70. The van der Waals surface area contributed by atoms with Gasteiger partial charge in [-0.05, 0) is 25.5 Å². The predicted molar refractivity (Wildman–Crippen MR) is 68.9 cm³/mol. The molecule has 0 fully saturated rings. The Kier molecular flexibility index (Phi) is 3.33. The zero-order chi connectivity index (χ0) is 12.4. The first-order chi connectivity index (χ1) is 8.13. The van der Waals surface area contributed by atoms with Crippen molar-refractivity contribution in [1.29, 1.82) is 0 Å². The number of halogens is 1. The zero-order valence-electron chi connectivity index (χ0n) is 9.75. The molecule has 0 unspecified atom stereocenters. The van der Waals surface area contributed by atoms with Crippen molar-refractivity contribution in [1.82, 2.24) is 9.97 Å². The van der Waals surface area contributed by atoms with Gasteiger partial charge >= 0.3 is 0 Å². The summed E-state index contributed by atoms with van der Waals surface area (Å²) in [6.07, 6.45) is 2.24. The average molecular weight is 248 g/mol. The Labute approximate surface area is 105 Å². The van der Waals surface area contributed by atoms with Crippen LogP contribution >= 0.6 is 12.2 Å². The fraction of sp³-hybridized carbons (Fsp3) is 0.231. The van der Waals surface area contributed by atoms with Crippen molar-refractivity contribution in [3.63, 3.8) is 0 Å². The van der Waals surface area contributed by atoms with Crippen LogP contribution in [-0.4, -0.2) is 9.97 Å². The summed E-state index contributed by atoms with van der Waals surface area (Å²) in [5, 5.41) is 0. The topological polar surface area (TPSA) is 28.7 Å². The molecule has 0 bridgehead atoms. The van der Waals surface area contributed by atoms with E-state index in [2.05, 4.69) is 9.97 Å². The van der Waals surface area contributed by atoms with E-state index in [0.717, 1.165) is 23.2 Å². The van der Waals surface area contributed by atoms with Gasteiger partial charge in [-0.2, -0.15) is 0 Å². The number of nitrogens with zero attached hydrogens (tertiary/aromatic N) is 1. The van der Waals surface area contributed by atoms with E-state index >= 15 is 0 Å². The summed E-state index contributed by atoms with van der Waals surface area (Å²) >= 11 is 5.16. The van der Waals surface area contributed by atoms with E-state index in [4.69, 9.17) is 12.2 Å². The van der Waals surface area contributed by atoms with E-state index in [1.54, 1.807) is 6.07 Å². The van der Waals surface area contributed by atoms with Gasteiger partial charge in [0.05, 0.1) is 12.0 Å². The Balaban J connectivity index is 2.72. The maximum atomic E-state index is 13.8. The monoisotopic (exact) mass is 248 g/mol. The van der Waals surface area contributed by atoms with Crippen molar-refractivity contribution in [3.05, 3.63) is 46.1 Å². The van der Waals surface area contributed by atoms with Crippen LogP contribution in [0.2, 0.25) is 0 Å². The molecule has 1 N–H and O–H groups in total. The second-order valence-corrected chi connectivity index (χ2v) is 4.28. The molecule has 0 saturated carbocycles. The third-order valence-corrected chi connectivity index (χ3v) is 3.05. The highest BCUT2D eigenvalue weighted by molar-refractivity contribution is 7.71. The number of rotatable bonds is 2. The highest BCUT2D eigenvalue weighted by Gasteiger charge is 2.11. The zero-order valence-corrected chi connectivity index (χ0v) is 10.6. The first-order valence-corrected chi connectivity index (χ1v) is 5.87. The summed E-state index contributed by atoms with van der Waals surface area (Å²) in [5.74, 6) is -0.248. The Bertz CT molecular complexity index is 605. The number of aryl methyl sites for hydroxylation is 1. The van der Waals surface area contributed by atoms with Crippen molar-refractivity contribution in [2.75, 3.05) is 0 Å². The normalized spacial score (nSPS) is 10.5. The molecule has 2 nitrogen and oxygen atoms in total. The summed E-state index contributed by atoms with van der Waals surface area (Å²) in [7, 11) is 0. The summed E-state index contributed by atoms with van der Waals surface area (Å²) in [4.78, 5) is 7.02. The molecule has 2 rings (SSSR count). The van der Waals surface area contributed by atoms with Gasteiger partial charge in [0.2, 0.25) is 0 Å². The predicted octanol–water partition coefficient (Wildman–Crippen LogP) is 3.82. The van der Waals surface area contributed by atoms with Gasteiger partial charge in [0.25, 0.3) is 0 Å². The molecule has 0 amide bonds. The molecule has 2 aromatic rings. The third kappa shape index (κ3) is 2.26. The van der Waals surface area contributed by atoms with Crippen LogP contribution in [0.5, 0.6) is 0 Å². The Morgan fingerprint density at radius 3 is 2.88 bits per heavy atom. The van der Waals surface area contributed by atoms with Crippen molar-refractivity contribution < 1.29 is 4.39 Å². The second kappa shape index (κ2) is 4.75. The fourth-order valence-electron chi connectivity index (χ4n) is 1.83. The van der Waals surface area contributed by atoms with Gasteiger partial charge in [0.15, 0.2) is 0 Å². The number of H-pyrrole nitrogens is 1. The largest absolute Gasteiger partial charge is 0.345 e. The van der Waals surface area contributed by atoms with E-state index in [0.29, 0.717) is 10.2 Å². The first-order valence-electron chi connectivity index (χ1n) is 5.46. The second-order valence-electron chi connectivity index (χ2n) is 3.90. The number of aromatic nitrogens is 2. The van der Waals surface area contributed by atoms with Crippen LogP contribution in [0.25, 0.3) is 11.3 Å². The lowest BCUT2D eigenvalue weighted by Crippen LogP contribution is -1.97. The van der Waals surface area contributed by atoms with E-state index in [1.807, 2.05) is 19.9 Å². The lowest BCUT2D eigenvalue weighted by molar-refractivity contribution is 0.630. The molecular weight excluding hydrogens is 235 g/mol. The van der Waals surface area contributed by atoms with E-state index in [9.17, 15) is 4.39 Å². The van der Waals surface area contributed by atoms with Crippen LogP contribution in [-0.2, 0) is 6.42 Å². The lowest BCUT2D eigenvalue weighted by atomic mass is 10.0. The molecule has 1 aromatic carbocycles. The van der Waals surface area contributed by atoms with Gasteiger partial charge in [0.1, 0.15) is 10.5 Å². The Morgan fingerprint density at radius 2 is 2.18 bits per heavy atom. The molecule has 0 aliphatic rings. The summed E-state index contributed by atoms with van der Waals surface area (Å²) in [6, 6.07) is 5.04. The number of benzene rings is 1. The van der Waals surface area contributed by atoms with Gasteiger partial charge in [-0.25, -0.2) is 9.37 Å². The van der Waals surface area contributed by atoms with Crippen molar-refractivity contribution in [2.24, 2.45) is 0 Å². The standard InChI is InChI=1S/C13H13FN2S/c1-3-9-12(15-7-16-13(9)17)10-6-8(2)4-5-11(10)14/h4-7H,3H2,1-2H3,(H,15,16,17). The molecule has 0 radical (unpaired) electrons. The number of aromatic amines is 1. The maximum absolute atomic E-state index is 13.8. The SMILES string of the molecule is CCc1c(-c2cc(C)ccc2F)[nH]cnc1=S. The first kappa shape index (κ1) is 11.9. The Morgan fingerprint density at radius 1 is 1.41 bits per heavy atom. The molecule has 88 valence electrons. The van der Waals surface area contributed by atoms with Crippen LogP contribution in [0, 0.1) is 17.4 Å². The van der Waals surface area contributed by atoms with E-state index in [1.165, 1.54) is 12.4 Å². The maximum Gasteiger partial charge on any atom is 0.133 e. The number of hydrogen-bond acceptors (Lipinski definition) is 2. The van der Waals surface area contributed by atoms with Crippen molar-refractivity contribution in [2.45, 2.75) is 20.3 Å². The minimum Gasteiger partial charge on any atom is -0.345 e. The lowest BCUT2D eigenvalue weighted by Gasteiger charge is -2.09. The van der Waals surface area contributed by atoms with E-state index < -0.39 is 0 Å². The smallest absolute Gasteiger partial charge is 0.133 e. The van der Waals surface area contributed by atoms with Crippen LogP contribution < -0.4 is 0 Å². The van der Waals surface area contributed by atoms with Crippen LogP contribution in [0.4, 0.5) is 4.39 Å². The average Bonchev–Trinajstić information content (AvgIpc) is 2.32. The minimum absolute atomic E-state index is 0.248. The van der Waals surface area contributed by atoms with Gasteiger partial charge < -0.3 is 4.98 Å². The Hall–Kier alpha value is -1.55. The molecule has 0 spiro atoms. The number of hydrogen-bond donors (Lipinski definition) is 1. The molecule has 4 heteroatoms. The molecule has 1 aromatic heterocycles. The summed E-state index contributed by atoms with van der Waals surface area (Å²) in [5.41, 5.74) is 3.18. The summed E-state index contributed by atoms with van der Waals surface area (Å²) in [6.45, 7) is 3.92. The van der Waals surface area contributed by atoms with Gasteiger partial charge in [0, 0.05) is 11.1 Å². The molecule has 17 heavy (non-hydrogen) atoms. The number of nitrogens with one attached hydrogen (secondary N) is 1. The molecule has 0 atom stereocenters. The molecule has 0 saturated heterocycles. The summed E-state index contributed by atoms with van der Waals surface area (Å²) < 4.78 is 14.4. The molecule has 1 heterocycles. The van der Waals surface area contributed by atoms with E-state index in [-0.39, 0.29) is 5.82 Å². The van der Waals surface area contributed by atoms with Crippen LogP contribution in [0.3, 0.4) is 0 Å².